The molecule has 2 N–H and O–H groups in total. The lowest BCUT2D eigenvalue weighted by atomic mass is 10.4. The van der Waals surface area contributed by atoms with Gasteiger partial charge in [0.2, 0.25) is 0 Å². The fourth-order valence-corrected chi connectivity index (χ4v) is 2.68. The maximum absolute atomic E-state index is 11.3. The van der Waals surface area contributed by atoms with Gasteiger partial charge in [-0.3, -0.25) is 0 Å². The number of rotatable bonds is 9. The normalized spacial score (nSPS) is 14.1. The molecule has 1 atom stereocenters. The topological polar surface area (TPSA) is 75.6 Å². The zero-order chi connectivity index (χ0) is 11.7. The summed E-state index contributed by atoms with van der Waals surface area (Å²) in [6.07, 6.45) is -0.245. The standard InChI is InChI=1S/C9H21NO4S/c1-3-6-15(12,13)8-9(11)7-10-4-5-14-2/h9-11H,3-8H2,1-2H3. The molecular formula is C9H21NO4S. The first-order chi connectivity index (χ1) is 7.02. The smallest absolute Gasteiger partial charge is 0.152 e. The van der Waals surface area contributed by atoms with Crippen LogP contribution >= 0.6 is 0 Å². The molecule has 92 valence electrons. The van der Waals surface area contributed by atoms with Crippen LogP contribution in [0.4, 0.5) is 0 Å². The minimum Gasteiger partial charge on any atom is -0.391 e. The van der Waals surface area contributed by atoms with Crippen molar-refractivity contribution < 1.29 is 18.3 Å². The number of aliphatic hydroxyl groups excluding tert-OH is 1. The molecule has 5 nitrogen and oxygen atoms in total. The van der Waals surface area contributed by atoms with Gasteiger partial charge in [0, 0.05) is 20.2 Å². The third kappa shape index (κ3) is 8.80. The Kier molecular flexibility index (Phi) is 7.95. The zero-order valence-corrected chi connectivity index (χ0v) is 10.2. The molecule has 0 rings (SSSR count). The van der Waals surface area contributed by atoms with Crippen LogP contribution in [0, 0.1) is 0 Å². The molecule has 0 spiro atoms. The number of sulfone groups is 1. The molecule has 0 aliphatic rings. The van der Waals surface area contributed by atoms with Gasteiger partial charge in [-0.05, 0) is 6.42 Å². The fraction of sp³-hybridized carbons (Fsp3) is 1.00. The van der Waals surface area contributed by atoms with Crippen LogP contribution in [0.5, 0.6) is 0 Å². The molecule has 0 saturated carbocycles. The van der Waals surface area contributed by atoms with Crippen LogP contribution in [0.15, 0.2) is 0 Å². The van der Waals surface area contributed by atoms with Crippen molar-refractivity contribution in [3.63, 3.8) is 0 Å². The van der Waals surface area contributed by atoms with E-state index in [0.717, 1.165) is 0 Å². The maximum Gasteiger partial charge on any atom is 0.152 e. The first kappa shape index (κ1) is 14.8. The third-order valence-corrected chi connectivity index (χ3v) is 3.75. The largest absolute Gasteiger partial charge is 0.391 e. The Bertz CT molecular complexity index is 240. The van der Waals surface area contributed by atoms with E-state index >= 15 is 0 Å². The fourth-order valence-electron chi connectivity index (χ4n) is 1.19. The summed E-state index contributed by atoms with van der Waals surface area (Å²) >= 11 is 0. The van der Waals surface area contributed by atoms with Crippen LogP contribution in [-0.2, 0) is 14.6 Å². The number of hydrogen-bond acceptors (Lipinski definition) is 5. The summed E-state index contributed by atoms with van der Waals surface area (Å²) in [5.41, 5.74) is 0. The lowest BCUT2D eigenvalue weighted by molar-refractivity contribution is 0.174. The predicted molar refractivity (Wildman–Crippen MR) is 59.7 cm³/mol. The highest BCUT2D eigenvalue weighted by molar-refractivity contribution is 7.91. The minimum absolute atomic E-state index is 0.141. The van der Waals surface area contributed by atoms with E-state index in [4.69, 9.17) is 4.74 Å². The summed E-state index contributed by atoms with van der Waals surface area (Å²) in [5.74, 6) is -0.0248. The van der Waals surface area contributed by atoms with Crippen molar-refractivity contribution in [2.75, 3.05) is 38.3 Å². The van der Waals surface area contributed by atoms with Gasteiger partial charge in [0.25, 0.3) is 0 Å². The molecule has 0 aliphatic heterocycles. The second-order valence-corrected chi connectivity index (χ2v) is 5.69. The van der Waals surface area contributed by atoms with Gasteiger partial charge in [0.05, 0.1) is 24.2 Å². The molecule has 1 unspecified atom stereocenters. The Morgan fingerprint density at radius 3 is 2.67 bits per heavy atom. The average molecular weight is 239 g/mol. The second-order valence-electron chi connectivity index (χ2n) is 3.47. The first-order valence-electron chi connectivity index (χ1n) is 5.10. The molecule has 0 aliphatic carbocycles. The van der Waals surface area contributed by atoms with Crippen molar-refractivity contribution in [1.82, 2.24) is 5.32 Å². The SMILES string of the molecule is CCCS(=O)(=O)CC(O)CNCCOC. The highest BCUT2D eigenvalue weighted by Gasteiger charge is 2.15. The van der Waals surface area contributed by atoms with E-state index in [0.29, 0.717) is 19.6 Å². The molecule has 15 heavy (non-hydrogen) atoms. The van der Waals surface area contributed by atoms with Crippen molar-refractivity contribution in [2.45, 2.75) is 19.4 Å². The molecule has 0 heterocycles. The molecule has 0 radical (unpaired) electrons. The van der Waals surface area contributed by atoms with Gasteiger partial charge < -0.3 is 15.2 Å². The molecule has 0 bridgehead atoms. The van der Waals surface area contributed by atoms with Gasteiger partial charge in [0.15, 0.2) is 9.84 Å². The Morgan fingerprint density at radius 1 is 1.47 bits per heavy atom. The van der Waals surface area contributed by atoms with E-state index in [1.54, 1.807) is 14.0 Å². The van der Waals surface area contributed by atoms with Gasteiger partial charge in [-0.1, -0.05) is 6.92 Å². The Hall–Kier alpha value is -0.170. The summed E-state index contributed by atoms with van der Waals surface area (Å²) in [4.78, 5) is 0. The average Bonchev–Trinajstić information content (AvgIpc) is 2.11. The Labute approximate surface area is 91.7 Å². The van der Waals surface area contributed by atoms with Gasteiger partial charge in [-0.2, -0.15) is 0 Å². The number of ether oxygens (including phenoxy) is 1. The summed E-state index contributed by atoms with van der Waals surface area (Å²) in [5, 5.41) is 12.3. The van der Waals surface area contributed by atoms with E-state index in [-0.39, 0.29) is 18.1 Å². The van der Waals surface area contributed by atoms with E-state index in [2.05, 4.69) is 5.32 Å². The molecular weight excluding hydrogens is 218 g/mol. The lowest BCUT2D eigenvalue weighted by Crippen LogP contribution is -2.34. The van der Waals surface area contributed by atoms with E-state index in [1.807, 2.05) is 0 Å². The monoisotopic (exact) mass is 239 g/mol. The molecule has 0 amide bonds. The number of hydrogen-bond donors (Lipinski definition) is 2. The Morgan fingerprint density at radius 2 is 2.13 bits per heavy atom. The van der Waals surface area contributed by atoms with E-state index in [9.17, 15) is 13.5 Å². The van der Waals surface area contributed by atoms with Crippen molar-refractivity contribution in [3.8, 4) is 0 Å². The summed E-state index contributed by atoms with van der Waals surface area (Å²) < 4.78 is 27.4. The molecule has 0 aromatic rings. The number of methoxy groups -OCH3 is 1. The third-order valence-electron chi connectivity index (χ3n) is 1.82. The second kappa shape index (κ2) is 8.04. The molecule has 0 saturated heterocycles. The number of aliphatic hydroxyl groups is 1. The highest BCUT2D eigenvalue weighted by Crippen LogP contribution is 1.96. The van der Waals surface area contributed by atoms with Crippen LogP contribution in [0.25, 0.3) is 0 Å². The van der Waals surface area contributed by atoms with Gasteiger partial charge in [0.1, 0.15) is 0 Å². The summed E-state index contributed by atoms with van der Waals surface area (Å²) in [6.45, 7) is 3.25. The highest BCUT2D eigenvalue weighted by atomic mass is 32.2. The maximum atomic E-state index is 11.3. The molecule has 0 fully saturated rings. The van der Waals surface area contributed by atoms with Crippen molar-refractivity contribution in [3.05, 3.63) is 0 Å². The molecule has 6 heteroatoms. The number of nitrogens with one attached hydrogen (secondary N) is 1. The van der Waals surface area contributed by atoms with Gasteiger partial charge >= 0.3 is 0 Å². The van der Waals surface area contributed by atoms with Crippen molar-refractivity contribution in [2.24, 2.45) is 0 Å². The van der Waals surface area contributed by atoms with Crippen molar-refractivity contribution in [1.29, 1.82) is 0 Å². The lowest BCUT2D eigenvalue weighted by Gasteiger charge is -2.11. The first-order valence-corrected chi connectivity index (χ1v) is 6.92. The van der Waals surface area contributed by atoms with Gasteiger partial charge in [-0.15, -0.1) is 0 Å². The van der Waals surface area contributed by atoms with E-state index in [1.165, 1.54) is 0 Å². The predicted octanol–water partition coefficient (Wildman–Crippen LogP) is -0.592. The van der Waals surface area contributed by atoms with Crippen molar-refractivity contribution >= 4 is 9.84 Å². The van der Waals surface area contributed by atoms with Crippen LogP contribution in [0.3, 0.4) is 0 Å². The van der Waals surface area contributed by atoms with E-state index < -0.39 is 15.9 Å². The summed E-state index contributed by atoms with van der Waals surface area (Å²) in [7, 11) is -1.51. The van der Waals surface area contributed by atoms with Crippen LogP contribution in [0.2, 0.25) is 0 Å². The zero-order valence-electron chi connectivity index (χ0n) is 9.40. The van der Waals surface area contributed by atoms with Gasteiger partial charge in [-0.25, -0.2) is 8.42 Å². The molecule has 0 aromatic heterocycles. The molecule has 0 aromatic carbocycles. The quantitative estimate of drug-likeness (QED) is 0.526. The minimum atomic E-state index is -3.09. The van der Waals surface area contributed by atoms with Crippen LogP contribution in [0.1, 0.15) is 13.3 Å². The van der Waals surface area contributed by atoms with Crippen LogP contribution < -0.4 is 5.32 Å². The Balaban J connectivity index is 3.68. The summed E-state index contributed by atoms with van der Waals surface area (Å²) in [6, 6.07) is 0. The van der Waals surface area contributed by atoms with Crippen LogP contribution in [-0.4, -0.2) is 57.9 Å².